The summed E-state index contributed by atoms with van der Waals surface area (Å²) in [5, 5.41) is 17.3. The van der Waals surface area contributed by atoms with E-state index in [-0.39, 0.29) is 64.2 Å². The number of nitrogens with zero attached hydrogens (tertiary/aromatic N) is 2. The third-order valence-electron chi connectivity index (χ3n) is 12.2. The van der Waals surface area contributed by atoms with Gasteiger partial charge in [0.25, 0.3) is 0 Å². The molecule has 6 fully saturated rings. The Kier molecular flexibility index (Phi) is 7.39. The SMILES string of the molecule is CC1(C)[C@@H]2[C@@H](C(=O)N[C@H](C#N)C[C@H]3C(=O)Nc4c(F)cc(Cl)cc43)N(C(=O)C(NC(=O)C(F)(F)F)C34CC5CC(CC(C5)C3)C4)C[C@@H]21. The van der Waals surface area contributed by atoms with E-state index in [0.717, 1.165) is 25.3 Å². The van der Waals surface area contributed by atoms with Crippen LogP contribution in [0, 0.1) is 57.6 Å². The zero-order valence-electron chi connectivity index (χ0n) is 25.9. The fourth-order valence-corrected chi connectivity index (χ4v) is 10.6. The van der Waals surface area contributed by atoms with Crippen LogP contribution in [0.4, 0.5) is 23.2 Å². The number of alkyl halides is 3. The minimum Gasteiger partial charge on any atom is -0.339 e. The van der Waals surface area contributed by atoms with Crippen molar-refractivity contribution in [2.75, 3.05) is 11.9 Å². The van der Waals surface area contributed by atoms with Gasteiger partial charge in [-0.1, -0.05) is 25.4 Å². The lowest BCUT2D eigenvalue weighted by Gasteiger charge is -2.59. The number of amides is 4. The van der Waals surface area contributed by atoms with Crippen molar-refractivity contribution in [1.82, 2.24) is 15.5 Å². The van der Waals surface area contributed by atoms with Crippen molar-refractivity contribution in [3.63, 3.8) is 0 Å². The zero-order chi connectivity index (χ0) is 33.8. The van der Waals surface area contributed by atoms with Gasteiger partial charge in [0, 0.05) is 17.0 Å². The molecule has 2 aliphatic heterocycles. The lowest BCUT2D eigenvalue weighted by Crippen LogP contribution is -2.65. The fraction of sp³-hybridized carbons (Fsp3) is 0.667. The molecule has 1 unspecified atom stereocenters. The van der Waals surface area contributed by atoms with Crippen LogP contribution in [0.2, 0.25) is 5.02 Å². The summed E-state index contributed by atoms with van der Waals surface area (Å²) in [7, 11) is 0. The number of benzene rings is 1. The van der Waals surface area contributed by atoms with Crippen LogP contribution >= 0.6 is 11.6 Å². The average Bonchev–Trinajstić information content (AvgIpc) is 3.26. The third kappa shape index (κ3) is 5.25. The van der Waals surface area contributed by atoms with Crippen LogP contribution in [-0.4, -0.2) is 59.4 Å². The molecule has 6 atom stereocenters. The van der Waals surface area contributed by atoms with Gasteiger partial charge in [-0.15, -0.1) is 0 Å². The van der Waals surface area contributed by atoms with Crippen molar-refractivity contribution in [2.45, 2.75) is 89.0 Å². The molecule has 5 saturated carbocycles. The number of rotatable bonds is 7. The molecule has 1 aromatic carbocycles. The van der Waals surface area contributed by atoms with Crippen LogP contribution in [0.3, 0.4) is 0 Å². The van der Waals surface area contributed by atoms with Gasteiger partial charge >= 0.3 is 12.1 Å². The Morgan fingerprint density at radius 1 is 1.11 bits per heavy atom. The molecule has 8 rings (SSSR count). The Bertz CT molecular complexity index is 1570. The van der Waals surface area contributed by atoms with Crippen molar-refractivity contribution in [1.29, 1.82) is 5.26 Å². The summed E-state index contributed by atoms with van der Waals surface area (Å²) in [6.45, 7) is 4.03. The molecule has 0 aromatic heterocycles. The standard InChI is InChI=1S/C33H36ClF4N5O4/c1-31(2)21-13-43(29(46)26(42-30(47)33(36,37)38)32-9-14-3-15(10-32)5-16(4-14)11-32)25(23(21)31)28(45)40-18(12-39)8-20-19-6-17(34)7-22(35)24(19)41-27(20)44/h6-7,14-16,18,20-21,23,25-26H,3-5,8-11,13H2,1-2H3,(H,40,45)(H,41,44)(H,42,47)/t14?,15?,16?,18-,20+,21-,23-,25-,26?,32?/m0/s1. The molecule has 7 aliphatic rings. The van der Waals surface area contributed by atoms with Gasteiger partial charge in [0.05, 0.1) is 17.7 Å². The van der Waals surface area contributed by atoms with Crippen LogP contribution in [0.15, 0.2) is 12.1 Å². The molecule has 3 N–H and O–H groups in total. The number of carbonyl (C=O) groups is 4. The quantitative estimate of drug-likeness (QED) is 0.362. The molecule has 4 amide bonds. The number of halogens is 5. The van der Waals surface area contributed by atoms with Gasteiger partial charge in [0.2, 0.25) is 17.7 Å². The van der Waals surface area contributed by atoms with Crippen LogP contribution in [0.1, 0.15) is 70.3 Å². The first-order valence-corrected chi connectivity index (χ1v) is 16.6. The highest BCUT2D eigenvalue weighted by molar-refractivity contribution is 6.31. The first kappa shape index (κ1) is 32.2. The predicted molar refractivity (Wildman–Crippen MR) is 160 cm³/mol. The maximum absolute atomic E-state index is 14.5. The number of fused-ring (bicyclic) bond motifs is 2. The number of likely N-dealkylation sites (tertiary alicyclic amines) is 1. The number of hydrogen-bond donors (Lipinski definition) is 3. The predicted octanol–water partition coefficient (Wildman–Crippen LogP) is 4.66. The van der Waals surface area contributed by atoms with E-state index in [1.165, 1.54) is 11.0 Å². The summed E-state index contributed by atoms with van der Waals surface area (Å²) in [6.07, 6.45) is -0.843. The van der Waals surface area contributed by atoms with Crippen molar-refractivity contribution in [3.05, 3.63) is 28.5 Å². The summed E-state index contributed by atoms with van der Waals surface area (Å²) in [4.78, 5) is 55.0. The number of anilines is 1. The molecule has 4 bridgehead atoms. The van der Waals surface area contributed by atoms with Gasteiger partial charge in [-0.3, -0.25) is 19.2 Å². The second-order valence-electron chi connectivity index (χ2n) is 15.4. The summed E-state index contributed by atoms with van der Waals surface area (Å²) < 4.78 is 55.3. The minimum atomic E-state index is -5.19. The van der Waals surface area contributed by atoms with Gasteiger partial charge in [-0.2, -0.15) is 18.4 Å². The van der Waals surface area contributed by atoms with E-state index < -0.39 is 65.1 Å². The monoisotopic (exact) mass is 677 g/mol. The molecule has 2 heterocycles. The molecule has 14 heteroatoms. The second-order valence-corrected chi connectivity index (χ2v) is 15.8. The lowest BCUT2D eigenvalue weighted by atomic mass is 9.47. The summed E-state index contributed by atoms with van der Waals surface area (Å²) >= 11 is 6.02. The second kappa shape index (κ2) is 10.8. The van der Waals surface area contributed by atoms with E-state index in [2.05, 4.69) is 16.0 Å². The molecule has 47 heavy (non-hydrogen) atoms. The minimum absolute atomic E-state index is 0.0424. The van der Waals surface area contributed by atoms with Crippen LogP contribution in [0.5, 0.6) is 0 Å². The van der Waals surface area contributed by atoms with Gasteiger partial charge in [0.1, 0.15) is 23.9 Å². The maximum atomic E-state index is 14.5. The molecule has 0 radical (unpaired) electrons. The Hall–Kier alpha value is -3.40. The number of nitriles is 1. The largest absolute Gasteiger partial charge is 0.471 e. The Balaban J connectivity index is 1.15. The van der Waals surface area contributed by atoms with Gasteiger partial charge in [-0.05, 0) is 97.6 Å². The van der Waals surface area contributed by atoms with E-state index in [4.69, 9.17) is 11.6 Å². The van der Waals surface area contributed by atoms with Crippen molar-refractivity contribution >= 4 is 40.9 Å². The normalized spacial score (nSPS) is 35.3. The van der Waals surface area contributed by atoms with Crippen molar-refractivity contribution in [2.24, 2.45) is 40.4 Å². The summed E-state index contributed by atoms with van der Waals surface area (Å²) in [5.74, 6) is -5.38. The van der Waals surface area contributed by atoms with Gasteiger partial charge in [0.15, 0.2) is 0 Å². The van der Waals surface area contributed by atoms with Crippen LogP contribution in [0.25, 0.3) is 0 Å². The van der Waals surface area contributed by atoms with Crippen molar-refractivity contribution in [3.8, 4) is 6.07 Å². The van der Waals surface area contributed by atoms with Crippen molar-refractivity contribution < 1.29 is 36.7 Å². The number of hydrogen-bond acceptors (Lipinski definition) is 5. The third-order valence-corrected chi connectivity index (χ3v) is 12.4. The number of carbonyl (C=O) groups excluding carboxylic acids is 4. The molecule has 1 saturated heterocycles. The molecular formula is C33H36ClF4N5O4. The first-order valence-electron chi connectivity index (χ1n) is 16.2. The smallest absolute Gasteiger partial charge is 0.339 e. The van der Waals surface area contributed by atoms with E-state index in [1.807, 2.05) is 19.9 Å². The fourth-order valence-electron chi connectivity index (χ4n) is 10.4. The Morgan fingerprint density at radius 2 is 1.72 bits per heavy atom. The lowest BCUT2D eigenvalue weighted by molar-refractivity contribution is -0.179. The first-order chi connectivity index (χ1) is 22.0. The topological polar surface area (TPSA) is 131 Å². The number of nitrogens with one attached hydrogen (secondary N) is 3. The Morgan fingerprint density at radius 3 is 2.30 bits per heavy atom. The average molecular weight is 678 g/mol. The van der Waals surface area contributed by atoms with E-state index in [0.29, 0.717) is 19.3 Å². The highest BCUT2D eigenvalue weighted by Crippen LogP contribution is 2.66. The molecular weight excluding hydrogens is 642 g/mol. The molecule has 9 nitrogen and oxygen atoms in total. The number of piperidine rings is 1. The highest BCUT2D eigenvalue weighted by Gasteiger charge is 2.70. The summed E-state index contributed by atoms with van der Waals surface area (Å²) in [6, 6.07) is 0.724. The molecule has 0 spiro atoms. The zero-order valence-corrected chi connectivity index (χ0v) is 26.7. The van der Waals surface area contributed by atoms with Gasteiger partial charge < -0.3 is 20.9 Å². The van der Waals surface area contributed by atoms with Crippen LogP contribution < -0.4 is 16.0 Å². The highest BCUT2D eigenvalue weighted by atomic mass is 35.5. The molecule has 252 valence electrons. The van der Waals surface area contributed by atoms with E-state index >= 15 is 0 Å². The maximum Gasteiger partial charge on any atom is 0.471 e. The molecule has 5 aliphatic carbocycles. The van der Waals surface area contributed by atoms with Crippen LogP contribution in [-0.2, 0) is 19.2 Å². The van der Waals surface area contributed by atoms with E-state index in [9.17, 15) is 42.0 Å². The molecule has 1 aromatic rings. The summed E-state index contributed by atoms with van der Waals surface area (Å²) in [5.41, 5.74) is -0.954. The Labute approximate surface area is 274 Å². The van der Waals surface area contributed by atoms with Gasteiger partial charge in [-0.25, -0.2) is 4.39 Å². The van der Waals surface area contributed by atoms with E-state index in [1.54, 1.807) is 0 Å².